The second-order valence-corrected chi connectivity index (χ2v) is 5.16. The van der Waals surface area contributed by atoms with E-state index in [0.29, 0.717) is 0 Å². The summed E-state index contributed by atoms with van der Waals surface area (Å²) in [5.41, 5.74) is 1.40. The standard InChI is InChI=1S/C15H24N2O/c18-10-8-16-11-15-7-4-9-17(13-15)12-14-5-2-1-3-6-14/h1-3,5-6,15-16,18H,4,7-13H2. The molecule has 0 aromatic heterocycles. The summed E-state index contributed by atoms with van der Waals surface area (Å²) in [4.78, 5) is 2.55. The minimum absolute atomic E-state index is 0.237. The molecule has 18 heavy (non-hydrogen) atoms. The summed E-state index contributed by atoms with van der Waals surface area (Å²) in [6.45, 7) is 5.44. The monoisotopic (exact) mass is 248 g/mol. The van der Waals surface area contributed by atoms with Gasteiger partial charge in [-0.05, 0) is 37.4 Å². The van der Waals surface area contributed by atoms with Crippen LogP contribution in [0.1, 0.15) is 18.4 Å². The molecule has 1 aromatic carbocycles. The normalized spacial score (nSPS) is 21.1. The molecule has 1 saturated heterocycles. The Kier molecular flexibility index (Phi) is 5.65. The van der Waals surface area contributed by atoms with Crippen LogP contribution >= 0.6 is 0 Å². The minimum atomic E-state index is 0.237. The lowest BCUT2D eigenvalue weighted by Gasteiger charge is -2.32. The van der Waals surface area contributed by atoms with Gasteiger partial charge in [-0.25, -0.2) is 0 Å². The summed E-state index contributed by atoms with van der Waals surface area (Å²) in [7, 11) is 0. The van der Waals surface area contributed by atoms with Gasteiger partial charge in [0.1, 0.15) is 0 Å². The van der Waals surface area contributed by atoms with Crippen molar-refractivity contribution in [2.45, 2.75) is 19.4 Å². The third-order valence-electron chi connectivity index (χ3n) is 3.57. The van der Waals surface area contributed by atoms with Crippen LogP contribution in [0.15, 0.2) is 30.3 Å². The lowest BCUT2D eigenvalue weighted by atomic mass is 9.97. The molecular weight excluding hydrogens is 224 g/mol. The van der Waals surface area contributed by atoms with E-state index < -0.39 is 0 Å². The first-order valence-corrected chi connectivity index (χ1v) is 6.96. The van der Waals surface area contributed by atoms with Gasteiger partial charge in [0.15, 0.2) is 0 Å². The van der Waals surface area contributed by atoms with Crippen molar-refractivity contribution >= 4 is 0 Å². The Bertz CT molecular complexity index is 329. The molecule has 2 rings (SSSR count). The van der Waals surface area contributed by atoms with E-state index in [1.807, 2.05) is 0 Å². The summed E-state index contributed by atoms with van der Waals surface area (Å²) >= 11 is 0. The molecule has 100 valence electrons. The quantitative estimate of drug-likeness (QED) is 0.749. The molecule has 0 spiro atoms. The van der Waals surface area contributed by atoms with Crippen molar-refractivity contribution in [1.29, 1.82) is 0 Å². The van der Waals surface area contributed by atoms with Crippen molar-refractivity contribution in [3.63, 3.8) is 0 Å². The van der Waals surface area contributed by atoms with Gasteiger partial charge in [-0.15, -0.1) is 0 Å². The summed E-state index contributed by atoms with van der Waals surface area (Å²) < 4.78 is 0. The molecule has 2 N–H and O–H groups in total. The molecule has 1 heterocycles. The van der Waals surface area contributed by atoms with E-state index >= 15 is 0 Å². The van der Waals surface area contributed by atoms with Crippen molar-refractivity contribution < 1.29 is 5.11 Å². The summed E-state index contributed by atoms with van der Waals surface area (Å²) in [5.74, 6) is 0.731. The third-order valence-corrected chi connectivity index (χ3v) is 3.57. The Morgan fingerprint density at radius 2 is 2.11 bits per heavy atom. The molecule has 0 radical (unpaired) electrons. The average Bonchev–Trinajstić information content (AvgIpc) is 2.41. The Labute approximate surface area is 110 Å². The van der Waals surface area contributed by atoms with Gasteiger partial charge >= 0.3 is 0 Å². The fourth-order valence-electron chi connectivity index (χ4n) is 2.69. The Morgan fingerprint density at radius 3 is 2.89 bits per heavy atom. The van der Waals surface area contributed by atoms with Crippen LogP contribution in [0.4, 0.5) is 0 Å². The number of aliphatic hydroxyl groups is 1. The zero-order chi connectivity index (χ0) is 12.6. The number of likely N-dealkylation sites (tertiary alicyclic amines) is 1. The van der Waals surface area contributed by atoms with Crippen molar-refractivity contribution in [2.24, 2.45) is 5.92 Å². The summed E-state index contributed by atoms with van der Waals surface area (Å²) in [6.07, 6.45) is 2.60. The zero-order valence-electron chi connectivity index (χ0n) is 11.0. The van der Waals surface area contributed by atoms with Crippen LogP contribution in [-0.4, -0.2) is 42.8 Å². The highest BCUT2D eigenvalue weighted by atomic mass is 16.3. The number of nitrogens with one attached hydrogen (secondary N) is 1. The van der Waals surface area contributed by atoms with Crippen LogP contribution in [0, 0.1) is 5.92 Å². The zero-order valence-corrected chi connectivity index (χ0v) is 11.0. The lowest BCUT2D eigenvalue weighted by molar-refractivity contribution is 0.163. The van der Waals surface area contributed by atoms with Gasteiger partial charge < -0.3 is 10.4 Å². The smallest absolute Gasteiger partial charge is 0.0555 e. The second-order valence-electron chi connectivity index (χ2n) is 5.16. The van der Waals surface area contributed by atoms with Gasteiger partial charge in [0.2, 0.25) is 0 Å². The van der Waals surface area contributed by atoms with Gasteiger partial charge in [-0.3, -0.25) is 4.90 Å². The van der Waals surface area contributed by atoms with Crippen LogP contribution in [0.2, 0.25) is 0 Å². The van der Waals surface area contributed by atoms with Crippen LogP contribution < -0.4 is 5.32 Å². The Morgan fingerprint density at radius 1 is 1.28 bits per heavy atom. The number of rotatable bonds is 6. The molecule has 1 unspecified atom stereocenters. The van der Waals surface area contributed by atoms with E-state index in [1.54, 1.807) is 0 Å². The number of benzene rings is 1. The van der Waals surface area contributed by atoms with E-state index in [4.69, 9.17) is 5.11 Å². The molecule has 0 amide bonds. The van der Waals surface area contributed by atoms with Gasteiger partial charge in [0.05, 0.1) is 6.61 Å². The number of piperidine rings is 1. The van der Waals surface area contributed by atoms with Crippen molar-refractivity contribution in [2.75, 3.05) is 32.8 Å². The minimum Gasteiger partial charge on any atom is -0.395 e. The van der Waals surface area contributed by atoms with Gasteiger partial charge in [-0.2, -0.15) is 0 Å². The van der Waals surface area contributed by atoms with Crippen molar-refractivity contribution in [1.82, 2.24) is 10.2 Å². The second kappa shape index (κ2) is 7.52. The van der Waals surface area contributed by atoms with E-state index in [-0.39, 0.29) is 6.61 Å². The first kappa shape index (κ1) is 13.5. The largest absolute Gasteiger partial charge is 0.395 e. The number of hydrogen-bond donors (Lipinski definition) is 2. The third kappa shape index (κ3) is 4.41. The Balaban J connectivity index is 1.76. The van der Waals surface area contributed by atoms with Crippen molar-refractivity contribution in [3.05, 3.63) is 35.9 Å². The summed E-state index contributed by atoms with van der Waals surface area (Å²) in [5, 5.41) is 12.1. The molecule has 0 aliphatic carbocycles. The van der Waals surface area contributed by atoms with E-state index in [9.17, 15) is 0 Å². The fraction of sp³-hybridized carbons (Fsp3) is 0.600. The van der Waals surface area contributed by atoms with Gasteiger partial charge in [-0.1, -0.05) is 30.3 Å². The summed E-state index contributed by atoms with van der Waals surface area (Å²) in [6, 6.07) is 10.7. The molecule has 3 nitrogen and oxygen atoms in total. The Hall–Kier alpha value is -0.900. The van der Waals surface area contributed by atoms with Crippen LogP contribution in [0.3, 0.4) is 0 Å². The fourth-order valence-corrected chi connectivity index (χ4v) is 2.69. The first-order valence-electron chi connectivity index (χ1n) is 6.96. The maximum atomic E-state index is 8.77. The van der Waals surface area contributed by atoms with Crippen molar-refractivity contribution in [3.8, 4) is 0 Å². The average molecular weight is 248 g/mol. The van der Waals surface area contributed by atoms with E-state index in [2.05, 4.69) is 40.5 Å². The highest BCUT2D eigenvalue weighted by Gasteiger charge is 2.19. The van der Waals surface area contributed by atoms with E-state index in [1.165, 1.54) is 31.5 Å². The SMILES string of the molecule is OCCNCC1CCCN(Cc2ccccc2)C1. The molecule has 0 bridgehead atoms. The molecular formula is C15H24N2O. The molecule has 1 atom stereocenters. The lowest BCUT2D eigenvalue weighted by Crippen LogP contribution is -2.39. The van der Waals surface area contributed by atoms with Crippen LogP contribution in [0.5, 0.6) is 0 Å². The molecule has 3 heteroatoms. The molecule has 1 aliphatic rings. The van der Waals surface area contributed by atoms with E-state index in [0.717, 1.165) is 25.6 Å². The number of hydrogen-bond acceptors (Lipinski definition) is 3. The molecule has 1 fully saturated rings. The highest BCUT2D eigenvalue weighted by molar-refractivity contribution is 5.14. The predicted molar refractivity (Wildman–Crippen MR) is 74.4 cm³/mol. The highest BCUT2D eigenvalue weighted by Crippen LogP contribution is 2.17. The maximum Gasteiger partial charge on any atom is 0.0555 e. The van der Waals surface area contributed by atoms with Crippen LogP contribution in [0.25, 0.3) is 0 Å². The predicted octanol–water partition coefficient (Wildman–Crippen LogP) is 1.48. The number of aliphatic hydroxyl groups excluding tert-OH is 1. The van der Waals surface area contributed by atoms with Gasteiger partial charge in [0, 0.05) is 19.6 Å². The topological polar surface area (TPSA) is 35.5 Å². The van der Waals surface area contributed by atoms with Crippen LogP contribution in [-0.2, 0) is 6.54 Å². The molecule has 1 aromatic rings. The van der Waals surface area contributed by atoms with Gasteiger partial charge in [0.25, 0.3) is 0 Å². The molecule has 1 aliphatic heterocycles. The molecule has 0 saturated carbocycles. The maximum absolute atomic E-state index is 8.77. The number of nitrogens with zero attached hydrogens (tertiary/aromatic N) is 1. The first-order chi connectivity index (χ1) is 8.88.